The number of hydrogen-bond acceptors (Lipinski definition) is 5. The number of likely N-dealkylation sites (tertiary alicyclic amines) is 1. The third kappa shape index (κ3) is 7.69. The van der Waals surface area contributed by atoms with Gasteiger partial charge < -0.3 is 28.9 Å². The van der Waals surface area contributed by atoms with Crippen LogP contribution in [0.1, 0.15) is 93.1 Å². The lowest BCUT2D eigenvalue weighted by Gasteiger charge is -2.33. The number of likely N-dealkylation sites (N-methyl/N-ethyl adjacent to an activating group) is 1. The quantitative estimate of drug-likeness (QED) is 0.291. The van der Waals surface area contributed by atoms with Crippen LogP contribution in [-0.4, -0.2) is 76.3 Å². The van der Waals surface area contributed by atoms with Gasteiger partial charge in [-0.15, -0.1) is 0 Å². The van der Waals surface area contributed by atoms with Crippen LogP contribution in [0.3, 0.4) is 0 Å². The number of hydrogen-bond donors (Lipinski definition) is 1. The second-order valence-corrected chi connectivity index (χ2v) is 13.7. The van der Waals surface area contributed by atoms with Gasteiger partial charge in [-0.2, -0.15) is 0 Å². The van der Waals surface area contributed by atoms with Gasteiger partial charge >= 0.3 is 12.1 Å². The Balaban J connectivity index is 1.40. The minimum Gasteiger partial charge on any atom is -0.478 e. The van der Waals surface area contributed by atoms with Crippen LogP contribution in [0.25, 0.3) is 22.2 Å². The molecule has 2 amide bonds. The Morgan fingerprint density at radius 2 is 1.60 bits per heavy atom. The van der Waals surface area contributed by atoms with E-state index >= 15 is 0 Å². The summed E-state index contributed by atoms with van der Waals surface area (Å²) in [6.45, 7) is 7.45. The fraction of sp³-hybridized carbons (Fsp3) is 0.528. The molecule has 2 aromatic carbocycles. The van der Waals surface area contributed by atoms with Crippen molar-refractivity contribution in [1.82, 2.24) is 14.4 Å². The molecule has 242 valence electrons. The molecule has 1 N–H and O–H groups in total. The van der Waals surface area contributed by atoms with Gasteiger partial charge in [0.1, 0.15) is 12.1 Å². The van der Waals surface area contributed by atoms with Crippen LogP contribution in [0.2, 0.25) is 0 Å². The lowest BCUT2D eigenvalue weighted by molar-refractivity contribution is -0.129. The number of nitrogens with zero attached hydrogens (tertiary/aromatic N) is 3. The molecule has 2 heterocycles. The van der Waals surface area contributed by atoms with E-state index in [-0.39, 0.29) is 30.2 Å². The Labute approximate surface area is 266 Å². The van der Waals surface area contributed by atoms with E-state index in [1.165, 1.54) is 12.0 Å². The number of carboxylic acid groups (broad SMARTS) is 1. The average molecular weight is 618 g/mol. The zero-order valence-electron chi connectivity index (χ0n) is 27.3. The van der Waals surface area contributed by atoms with Gasteiger partial charge in [0.05, 0.1) is 29.5 Å². The van der Waals surface area contributed by atoms with Crippen molar-refractivity contribution >= 4 is 28.9 Å². The van der Waals surface area contributed by atoms with E-state index < -0.39 is 11.6 Å². The average Bonchev–Trinajstić information content (AvgIpc) is 3.33. The second kappa shape index (κ2) is 13.6. The Kier molecular flexibility index (Phi) is 9.87. The maximum atomic E-state index is 13.1. The van der Waals surface area contributed by atoms with E-state index in [0.717, 1.165) is 66.2 Å². The molecule has 9 nitrogen and oxygen atoms in total. The monoisotopic (exact) mass is 617 g/mol. The fourth-order valence-corrected chi connectivity index (χ4v) is 6.57. The lowest BCUT2D eigenvalue weighted by Crippen LogP contribution is -2.43. The van der Waals surface area contributed by atoms with Gasteiger partial charge in [0.2, 0.25) is 5.91 Å². The first-order valence-corrected chi connectivity index (χ1v) is 16.2. The number of rotatable bonds is 8. The summed E-state index contributed by atoms with van der Waals surface area (Å²) in [6.07, 6.45) is 7.03. The molecular weight excluding hydrogens is 570 g/mol. The third-order valence-electron chi connectivity index (χ3n) is 8.96. The van der Waals surface area contributed by atoms with Crippen molar-refractivity contribution in [3.05, 3.63) is 59.2 Å². The number of fused-ring (bicyclic) bond motifs is 1. The molecule has 1 saturated heterocycles. The van der Waals surface area contributed by atoms with Gasteiger partial charge in [0, 0.05) is 32.6 Å². The topological polar surface area (TPSA) is 101 Å². The molecule has 1 aliphatic carbocycles. The van der Waals surface area contributed by atoms with Crippen LogP contribution in [-0.2, 0) is 27.4 Å². The predicted octanol–water partition coefficient (Wildman–Crippen LogP) is 7.06. The maximum Gasteiger partial charge on any atom is 0.410 e. The first-order chi connectivity index (χ1) is 21.4. The minimum absolute atomic E-state index is 0.0493. The Morgan fingerprint density at radius 1 is 0.933 bits per heavy atom. The molecule has 0 atom stereocenters. The first kappa shape index (κ1) is 32.5. The van der Waals surface area contributed by atoms with Gasteiger partial charge in [-0.25, -0.2) is 9.59 Å². The van der Waals surface area contributed by atoms with Crippen molar-refractivity contribution < 1.29 is 29.0 Å². The van der Waals surface area contributed by atoms with E-state index in [1.807, 2.05) is 31.4 Å². The number of amides is 2. The molecule has 3 aromatic rings. The van der Waals surface area contributed by atoms with Crippen LogP contribution in [0.5, 0.6) is 0 Å². The molecular formula is C36H47N3O6. The smallest absolute Gasteiger partial charge is 0.410 e. The van der Waals surface area contributed by atoms with Crippen molar-refractivity contribution in [3.63, 3.8) is 0 Å². The summed E-state index contributed by atoms with van der Waals surface area (Å²) in [4.78, 5) is 40.8. The maximum absolute atomic E-state index is 13.1. The summed E-state index contributed by atoms with van der Waals surface area (Å²) in [5, 5.41) is 10.8. The Morgan fingerprint density at radius 3 is 2.20 bits per heavy atom. The predicted molar refractivity (Wildman–Crippen MR) is 174 cm³/mol. The van der Waals surface area contributed by atoms with Crippen LogP contribution in [0.15, 0.2) is 42.5 Å². The van der Waals surface area contributed by atoms with Crippen LogP contribution >= 0.6 is 0 Å². The van der Waals surface area contributed by atoms with E-state index in [9.17, 15) is 19.5 Å². The minimum atomic E-state index is -0.982. The molecule has 1 aromatic heterocycles. The molecule has 2 fully saturated rings. The van der Waals surface area contributed by atoms with E-state index in [4.69, 9.17) is 9.47 Å². The summed E-state index contributed by atoms with van der Waals surface area (Å²) in [6, 6.07) is 13.7. The highest BCUT2D eigenvalue weighted by Crippen LogP contribution is 2.44. The molecule has 45 heavy (non-hydrogen) atoms. The van der Waals surface area contributed by atoms with Crippen molar-refractivity contribution in [2.24, 2.45) is 0 Å². The van der Waals surface area contributed by atoms with Gasteiger partial charge in [-0.1, -0.05) is 49.6 Å². The number of ether oxygens (including phenoxy) is 2. The van der Waals surface area contributed by atoms with Crippen LogP contribution in [0.4, 0.5) is 4.79 Å². The largest absolute Gasteiger partial charge is 0.478 e. The van der Waals surface area contributed by atoms with E-state index in [1.54, 1.807) is 36.0 Å². The summed E-state index contributed by atoms with van der Waals surface area (Å²) >= 11 is 0. The highest BCUT2D eigenvalue weighted by molar-refractivity contribution is 5.99. The van der Waals surface area contributed by atoms with Crippen LogP contribution < -0.4 is 0 Å². The van der Waals surface area contributed by atoms with Crippen LogP contribution in [0, 0.1) is 0 Å². The van der Waals surface area contributed by atoms with E-state index in [2.05, 4.69) is 24.3 Å². The molecule has 0 spiro atoms. The molecule has 5 rings (SSSR count). The molecule has 0 bridgehead atoms. The number of aromatic nitrogens is 1. The van der Waals surface area contributed by atoms with E-state index in [0.29, 0.717) is 25.6 Å². The zero-order valence-corrected chi connectivity index (χ0v) is 27.3. The number of piperidine rings is 1. The van der Waals surface area contributed by atoms with Gasteiger partial charge in [-0.3, -0.25) is 4.79 Å². The number of aromatic carboxylic acids is 1. The fourth-order valence-electron chi connectivity index (χ4n) is 6.57. The molecule has 2 aliphatic rings. The Hall–Kier alpha value is -3.85. The van der Waals surface area contributed by atoms with Crippen molar-refractivity contribution in [1.29, 1.82) is 0 Å². The molecule has 9 heteroatoms. The standard InChI is InChI=1S/C36H47N3O6/c1-36(2,3)45-35(43)38-19-17-28(18-20-38)44-23-24-11-13-26(14-12-24)33-32(25-9-7-6-8-10-25)29-16-15-27(34(41)42)21-30(29)39(33)22-31(40)37(4)5/h11-16,21,25,28H,6-10,17-20,22-23H2,1-5H3,(H,41,42). The highest BCUT2D eigenvalue weighted by atomic mass is 16.6. The first-order valence-electron chi connectivity index (χ1n) is 16.2. The summed E-state index contributed by atoms with van der Waals surface area (Å²) in [7, 11) is 3.49. The molecule has 0 radical (unpaired) electrons. The zero-order chi connectivity index (χ0) is 32.3. The van der Waals surface area contributed by atoms with Gasteiger partial charge in [0.15, 0.2) is 0 Å². The van der Waals surface area contributed by atoms with Crippen molar-refractivity contribution in [2.45, 2.75) is 96.5 Å². The highest BCUT2D eigenvalue weighted by Gasteiger charge is 2.29. The van der Waals surface area contributed by atoms with Gasteiger partial charge in [-0.05, 0) is 81.2 Å². The summed E-state index contributed by atoms with van der Waals surface area (Å²) < 4.78 is 13.8. The molecule has 1 saturated carbocycles. The number of carboxylic acids is 1. The number of carbonyl (C=O) groups is 3. The van der Waals surface area contributed by atoms with Crippen molar-refractivity contribution in [2.75, 3.05) is 27.2 Å². The third-order valence-corrected chi connectivity index (χ3v) is 8.96. The lowest BCUT2D eigenvalue weighted by atomic mass is 9.81. The molecule has 0 unspecified atom stereocenters. The molecule has 1 aliphatic heterocycles. The number of benzene rings is 2. The Bertz CT molecular complexity index is 1520. The number of carbonyl (C=O) groups excluding carboxylic acids is 2. The summed E-state index contributed by atoms with van der Waals surface area (Å²) in [5.41, 5.74) is 4.75. The SMILES string of the molecule is CN(C)C(=O)Cn1c(-c2ccc(COC3CCN(C(=O)OC(C)(C)C)CC3)cc2)c(C2CCCCC2)c2ccc(C(=O)O)cc21. The van der Waals surface area contributed by atoms with Crippen molar-refractivity contribution in [3.8, 4) is 11.3 Å². The second-order valence-electron chi connectivity index (χ2n) is 13.7. The van der Waals surface area contributed by atoms with Gasteiger partial charge in [0.25, 0.3) is 0 Å². The summed E-state index contributed by atoms with van der Waals surface area (Å²) in [5.74, 6) is -0.687. The normalized spacial score (nSPS) is 16.6.